The molecule has 1 atom stereocenters. The number of hydrogen-bond donors (Lipinski definition) is 2. The molecular weight excluding hydrogens is 184 g/mol. The van der Waals surface area contributed by atoms with Gasteiger partial charge in [-0.1, -0.05) is 0 Å². The first kappa shape index (κ1) is 11.1. The van der Waals surface area contributed by atoms with Crippen LogP contribution in [-0.2, 0) is 10.8 Å². The quantitative estimate of drug-likeness (QED) is 0.624. The lowest BCUT2D eigenvalue weighted by Crippen LogP contribution is -2.40. The van der Waals surface area contributed by atoms with Crippen molar-refractivity contribution in [2.24, 2.45) is 0 Å². The van der Waals surface area contributed by atoms with Crippen molar-refractivity contribution in [1.29, 1.82) is 0 Å². The number of hydrogen-bond acceptors (Lipinski definition) is 3. The summed E-state index contributed by atoms with van der Waals surface area (Å²) in [5, 5.41) is 6.84. The van der Waals surface area contributed by atoms with Crippen LogP contribution in [0.1, 0.15) is 19.3 Å². The lowest BCUT2D eigenvalue weighted by molar-refractivity contribution is 0.388. The molecule has 1 aliphatic heterocycles. The molecule has 78 valence electrons. The van der Waals surface area contributed by atoms with Crippen LogP contribution in [0.2, 0.25) is 0 Å². The summed E-state index contributed by atoms with van der Waals surface area (Å²) in [4.78, 5) is 0. The largest absolute Gasteiger partial charge is 0.317 e. The highest BCUT2D eigenvalue weighted by atomic mass is 32.2. The molecule has 1 heterocycles. The molecule has 1 fully saturated rings. The van der Waals surface area contributed by atoms with Gasteiger partial charge in [-0.3, -0.25) is 4.21 Å². The minimum Gasteiger partial charge on any atom is -0.317 e. The second kappa shape index (κ2) is 6.51. The van der Waals surface area contributed by atoms with Crippen molar-refractivity contribution in [1.82, 2.24) is 10.6 Å². The average Bonchev–Trinajstić information content (AvgIpc) is 2.14. The summed E-state index contributed by atoms with van der Waals surface area (Å²) in [7, 11) is -0.624. The van der Waals surface area contributed by atoms with E-state index < -0.39 is 10.8 Å². The molecule has 0 aromatic heterocycles. The summed E-state index contributed by atoms with van der Waals surface area (Å²) in [6.45, 7) is 3.29. The highest BCUT2D eigenvalue weighted by Crippen LogP contribution is 2.01. The Balaban J connectivity index is 1.95. The van der Waals surface area contributed by atoms with Gasteiger partial charge < -0.3 is 10.6 Å². The second-order valence-electron chi connectivity index (χ2n) is 3.61. The van der Waals surface area contributed by atoms with Gasteiger partial charge in [-0.25, -0.2) is 0 Å². The molecular formula is C9H20N2OS. The Morgan fingerprint density at radius 1 is 1.46 bits per heavy atom. The highest BCUT2D eigenvalue weighted by molar-refractivity contribution is 7.84. The summed E-state index contributed by atoms with van der Waals surface area (Å²) in [6.07, 6.45) is 5.27. The summed E-state index contributed by atoms with van der Waals surface area (Å²) in [6, 6.07) is 0.687. The second-order valence-corrected chi connectivity index (χ2v) is 5.16. The first-order valence-corrected chi connectivity index (χ1v) is 6.76. The van der Waals surface area contributed by atoms with Gasteiger partial charge in [0.25, 0.3) is 0 Å². The molecule has 0 saturated carbocycles. The molecule has 0 spiro atoms. The fraction of sp³-hybridized carbons (Fsp3) is 1.00. The van der Waals surface area contributed by atoms with E-state index in [0.717, 1.165) is 31.8 Å². The molecule has 1 unspecified atom stereocenters. The van der Waals surface area contributed by atoms with Gasteiger partial charge in [0.2, 0.25) is 0 Å². The molecule has 0 aromatic rings. The molecule has 1 saturated heterocycles. The van der Waals surface area contributed by atoms with Crippen LogP contribution in [0.25, 0.3) is 0 Å². The van der Waals surface area contributed by atoms with E-state index in [1.165, 1.54) is 12.8 Å². The molecule has 3 nitrogen and oxygen atoms in total. The van der Waals surface area contributed by atoms with Crippen molar-refractivity contribution in [3.63, 3.8) is 0 Å². The van der Waals surface area contributed by atoms with Crippen LogP contribution in [0.4, 0.5) is 0 Å². The smallest absolute Gasteiger partial charge is 0.0244 e. The molecule has 0 radical (unpaired) electrons. The van der Waals surface area contributed by atoms with E-state index in [1.54, 1.807) is 6.26 Å². The van der Waals surface area contributed by atoms with Crippen LogP contribution in [0, 0.1) is 0 Å². The zero-order valence-corrected chi connectivity index (χ0v) is 9.16. The average molecular weight is 204 g/mol. The van der Waals surface area contributed by atoms with Gasteiger partial charge in [-0.2, -0.15) is 0 Å². The summed E-state index contributed by atoms with van der Waals surface area (Å²) in [5.74, 6) is 0.831. The van der Waals surface area contributed by atoms with E-state index in [0.29, 0.717) is 6.04 Å². The fourth-order valence-electron chi connectivity index (χ4n) is 1.61. The van der Waals surface area contributed by atoms with Crippen molar-refractivity contribution in [3.05, 3.63) is 0 Å². The predicted octanol–water partition coefficient (Wildman–Crippen LogP) is 0.0966. The Morgan fingerprint density at radius 3 is 2.77 bits per heavy atom. The Kier molecular flexibility index (Phi) is 5.58. The van der Waals surface area contributed by atoms with Crippen LogP contribution in [0.5, 0.6) is 0 Å². The van der Waals surface area contributed by atoms with E-state index in [2.05, 4.69) is 10.6 Å². The van der Waals surface area contributed by atoms with Gasteiger partial charge in [-0.15, -0.1) is 0 Å². The summed E-state index contributed by atoms with van der Waals surface area (Å²) >= 11 is 0. The Hall–Kier alpha value is 0.0700. The van der Waals surface area contributed by atoms with E-state index in [9.17, 15) is 4.21 Å². The maximum absolute atomic E-state index is 10.8. The molecule has 0 aromatic carbocycles. The van der Waals surface area contributed by atoms with Gasteiger partial charge in [0.1, 0.15) is 0 Å². The molecule has 0 aliphatic carbocycles. The molecule has 0 bridgehead atoms. The van der Waals surface area contributed by atoms with Crippen molar-refractivity contribution in [2.75, 3.05) is 31.6 Å². The predicted molar refractivity (Wildman–Crippen MR) is 57.4 cm³/mol. The van der Waals surface area contributed by atoms with Crippen LogP contribution in [0.3, 0.4) is 0 Å². The van der Waals surface area contributed by atoms with Gasteiger partial charge in [-0.05, 0) is 38.9 Å². The molecule has 13 heavy (non-hydrogen) atoms. The van der Waals surface area contributed by atoms with Crippen molar-refractivity contribution in [3.8, 4) is 0 Å². The van der Waals surface area contributed by atoms with E-state index in [-0.39, 0.29) is 0 Å². The third kappa shape index (κ3) is 5.39. The highest BCUT2D eigenvalue weighted by Gasteiger charge is 2.10. The first-order chi connectivity index (χ1) is 6.29. The molecule has 4 heteroatoms. The van der Waals surface area contributed by atoms with Gasteiger partial charge in [0.15, 0.2) is 0 Å². The van der Waals surface area contributed by atoms with Crippen LogP contribution >= 0.6 is 0 Å². The molecule has 2 N–H and O–H groups in total. The standard InChI is InChI=1S/C9H20N2OS/c1-13(12)8-2-5-11-9-3-6-10-7-4-9/h9-11H,2-8H2,1H3. The number of piperidine rings is 1. The van der Waals surface area contributed by atoms with Crippen molar-refractivity contribution >= 4 is 10.8 Å². The van der Waals surface area contributed by atoms with E-state index in [1.807, 2.05) is 0 Å². The molecule has 1 aliphatic rings. The van der Waals surface area contributed by atoms with Crippen LogP contribution < -0.4 is 10.6 Å². The topological polar surface area (TPSA) is 41.1 Å². The summed E-state index contributed by atoms with van der Waals surface area (Å²) < 4.78 is 10.8. The van der Waals surface area contributed by atoms with Crippen molar-refractivity contribution < 1.29 is 4.21 Å². The fourth-order valence-corrected chi connectivity index (χ4v) is 2.16. The third-order valence-electron chi connectivity index (χ3n) is 2.38. The number of rotatable bonds is 5. The minimum absolute atomic E-state index is 0.624. The normalized spacial score (nSPS) is 21.6. The first-order valence-electron chi connectivity index (χ1n) is 5.03. The maximum atomic E-state index is 10.8. The lowest BCUT2D eigenvalue weighted by atomic mass is 10.1. The molecule has 0 amide bonds. The Labute approximate surface area is 83.1 Å². The third-order valence-corrected chi connectivity index (χ3v) is 3.24. The minimum atomic E-state index is -0.624. The van der Waals surface area contributed by atoms with Crippen LogP contribution in [-0.4, -0.2) is 41.9 Å². The van der Waals surface area contributed by atoms with E-state index >= 15 is 0 Å². The molecule has 1 rings (SSSR count). The monoisotopic (exact) mass is 204 g/mol. The Morgan fingerprint density at radius 2 is 2.15 bits per heavy atom. The Bertz CT molecular complexity index is 158. The zero-order valence-electron chi connectivity index (χ0n) is 8.34. The zero-order chi connectivity index (χ0) is 9.52. The summed E-state index contributed by atoms with van der Waals surface area (Å²) in [5.41, 5.74) is 0. The maximum Gasteiger partial charge on any atom is 0.0244 e. The van der Waals surface area contributed by atoms with Gasteiger partial charge in [0.05, 0.1) is 0 Å². The van der Waals surface area contributed by atoms with Gasteiger partial charge in [0, 0.05) is 28.9 Å². The van der Waals surface area contributed by atoms with E-state index in [4.69, 9.17) is 0 Å². The van der Waals surface area contributed by atoms with Gasteiger partial charge >= 0.3 is 0 Å². The van der Waals surface area contributed by atoms with Crippen LogP contribution in [0.15, 0.2) is 0 Å². The number of nitrogens with one attached hydrogen (secondary N) is 2. The lowest BCUT2D eigenvalue weighted by Gasteiger charge is -2.23. The van der Waals surface area contributed by atoms with Crippen molar-refractivity contribution in [2.45, 2.75) is 25.3 Å². The SMILES string of the molecule is CS(=O)CCCNC1CCNCC1.